The molecule has 2 N–H and O–H groups in total. The Morgan fingerprint density at radius 2 is 1.59 bits per heavy atom. The molecule has 1 aliphatic heterocycles. The van der Waals surface area contributed by atoms with E-state index < -0.39 is 0 Å². The van der Waals surface area contributed by atoms with Gasteiger partial charge >= 0.3 is 0 Å². The molecule has 2 aromatic carbocycles. The lowest BCUT2D eigenvalue weighted by molar-refractivity contribution is -0.116. The lowest BCUT2D eigenvalue weighted by atomic mass is 9.90. The van der Waals surface area contributed by atoms with Crippen molar-refractivity contribution in [3.05, 3.63) is 82.9 Å². The van der Waals surface area contributed by atoms with Gasteiger partial charge in [-0.1, -0.05) is 60.7 Å². The average molecular weight is 378 g/mol. The number of hydrogen-bond acceptors (Lipinski definition) is 4. The Kier molecular flexibility index (Phi) is 5.61. The van der Waals surface area contributed by atoms with Crippen molar-refractivity contribution < 1.29 is 4.79 Å². The van der Waals surface area contributed by atoms with Crippen molar-refractivity contribution in [1.29, 1.82) is 0 Å². The van der Waals surface area contributed by atoms with Crippen molar-refractivity contribution in [2.75, 3.05) is 18.4 Å². The number of thiazole rings is 1. The Labute approximate surface area is 163 Å². The van der Waals surface area contributed by atoms with Crippen LogP contribution in [0, 0.1) is 0 Å². The van der Waals surface area contributed by atoms with Crippen LogP contribution in [-0.2, 0) is 4.79 Å². The number of anilines is 1. The van der Waals surface area contributed by atoms with E-state index in [0.29, 0.717) is 11.0 Å². The molecule has 1 fully saturated rings. The predicted molar refractivity (Wildman–Crippen MR) is 110 cm³/mol. The van der Waals surface area contributed by atoms with E-state index in [-0.39, 0.29) is 11.8 Å². The van der Waals surface area contributed by atoms with Crippen LogP contribution in [0.2, 0.25) is 0 Å². The second kappa shape index (κ2) is 8.46. The Balaban J connectivity index is 1.55. The molecule has 5 heteroatoms. The number of amides is 1. The van der Waals surface area contributed by atoms with Crippen molar-refractivity contribution >= 4 is 22.4 Å². The van der Waals surface area contributed by atoms with E-state index in [1.807, 2.05) is 66.9 Å². The number of rotatable bonds is 5. The molecule has 1 amide bonds. The monoisotopic (exact) mass is 377 g/mol. The molecule has 3 aromatic rings. The smallest absolute Gasteiger partial charge is 0.238 e. The van der Waals surface area contributed by atoms with Crippen molar-refractivity contribution in [3.63, 3.8) is 0 Å². The van der Waals surface area contributed by atoms with Crippen LogP contribution in [0.5, 0.6) is 0 Å². The summed E-state index contributed by atoms with van der Waals surface area (Å²) >= 11 is 1.60. The summed E-state index contributed by atoms with van der Waals surface area (Å²) in [6.45, 7) is 2.10. The molecule has 138 valence electrons. The summed E-state index contributed by atoms with van der Waals surface area (Å²) < 4.78 is 0. The Morgan fingerprint density at radius 3 is 2.19 bits per heavy atom. The number of carbonyl (C=O) groups is 1. The first-order valence-electron chi connectivity index (χ1n) is 9.38. The number of hydrogen-bond donors (Lipinski definition) is 2. The summed E-state index contributed by atoms with van der Waals surface area (Å²) in [5, 5.41) is 7.13. The Hall–Kier alpha value is -2.50. The Morgan fingerprint density at radius 1 is 1.00 bits per heavy atom. The minimum atomic E-state index is -0.348. The maximum absolute atomic E-state index is 13.1. The number of carbonyl (C=O) groups excluding carboxylic acids is 1. The van der Waals surface area contributed by atoms with Gasteiger partial charge in [-0.2, -0.15) is 0 Å². The minimum absolute atomic E-state index is 0.0430. The van der Waals surface area contributed by atoms with Crippen LogP contribution in [-0.4, -0.2) is 24.0 Å². The summed E-state index contributed by atoms with van der Waals surface area (Å²) in [4.78, 5) is 18.9. The second-order valence-corrected chi connectivity index (χ2v) is 7.90. The lowest BCUT2D eigenvalue weighted by Crippen LogP contribution is -2.26. The van der Waals surface area contributed by atoms with Gasteiger partial charge in [-0.05, 0) is 43.0 Å². The third kappa shape index (κ3) is 4.26. The van der Waals surface area contributed by atoms with Crippen LogP contribution < -0.4 is 10.6 Å². The van der Waals surface area contributed by atoms with E-state index >= 15 is 0 Å². The van der Waals surface area contributed by atoms with Gasteiger partial charge in [0, 0.05) is 11.1 Å². The number of nitrogens with one attached hydrogen (secondary N) is 2. The zero-order chi connectivity index (χ0) is 18.5. The quantitative estimate of drug-likeness (QED) is 0.694. The van der Waals surface area contributed by atoms with Gasteiger partial charge in [-0.15, -0.1) is 11.3 Å². The van der Waals surface area contributed by atoms with Crippen LogP contribution in [0.25, 0.3) is 0 Å². The summed E-state index contributed by atoms with van der Waals surface area (Å²) in [7, 11) is 0. The SMILES string of the molecule is O=C(Nc1ncc(C2CCNCC2)s1)C(c1ccccc1)c1ccccc1. The average Bonchev–Trinajstić information content (AvgIpc) is 3.19. The van der Waals surface area contributed by atoms with Crippen molar-refractivity contribution in [2.45, 2.75) is 24.7 Å². The van der Waals surface area contributed by atoms with Crippen LogP contribution in [0.15, 0.2) is 66.9 Å². The summed E-state index contributed by atoms with van der Waals surface area (Å²) in [5.74, 6) is 0.158. The molecule has 1 saturated heterocycles. The zero-order valence-electron chi connectivity index (χ0n) is 15.1. The van der Waals surface area contributed by atoms with E-state index in [0.717, 1.165) is 37.1 Å². The maximum atomic E-state index is 13.1. The van der Waals surface area contributed by atoms with Gasteiger partial charge < -0.3 is 10.6 Å². The van der Waals surface area contributed by atoms with Gasteiger partial charge in [0.25, 0.3) is 0 Å². The maximum Gasteiger partial charge on any atom is 0.238 e. The van der Waals surface area contributed by atoms with Gasteiger partial charge in [-0.3, -0.25) is 4.79 Å². The van der Waals surface area contributed by atoms with Gasteiger partial charge in [0.15, 0.2) is 5.13 Å². The van der Waals surface area contributed by atoms with Gasteiger partial charge in [0.1, 0.15) is 0 Å². The highest BCUT2D eigenvalue weighted by atomic mass is 32.1. The number of aromatic nitrogens is 1. The number of nitrogens with zero attached hydrogens (tertiary/aromatic N) is 1. The summed E-state index contributed by atoms with van der Waals surface area (Å²) in [6, 6.07) is 19.8. The van der Waals surface area contributed by atoms with Crippen LogP contribution in [0.3, 0.4) is 0 Å². The summed E-state index contributed by atoms with van der Waals surface area (Å²) in [5.41, 5.74) is 1.97. The van der Waals surface area contributed by atoms with E-state index in [2.05, 4.69) is 15.6 Å². The molecule has 4 rings (SSSR count). The van der Waals surface area contributed by atoms with Gasteiger partial charge in [0.2, 0.25) is 5.91 Å². The van der Waals surface area contributed by atoms with Crippen molar-refractivity contribution in [2.24, 2.45) is 0 Å². The molecule has 2 heterocycles. The van der Waals surface area contributed by atoms with Crippen LogP contribution in [0.4, 0.5) is 5.13 Å². The fourth-order valence-corrected chi connectivity index (χ4v) is 4.59. The second-order valence-electron chi connectivity index (χ2n) is 6.84. The fourth-order valence-electron chi connectivity index (χ4n) is 3.60. The molecule has 0 spiro atoms. The van der Waals surface area contributed by atoms with E-state index in [4.69, 9.17) is 0 Å². The number of piperidine rings is 1. The molecule has 0 radical (unpaired) electrons. The molecule has 1 aliphatic rings. The van der Waals surface area contributed by atoms with Crippen LogP contribution >= 0.6 is 11.3 Å². The molecule has 0 atom stereocenters. The van der Waals surface area contributed by atoms with Crippen molar-refractivity contribution in [1.82, 2.24) is 10.3 Å². The highest BCUT2D eigenvalue weighted by Crippen LogP contribution is 2.33. The summed E-state index contributed by atoms with van der Waals surface area (Å²) in [6.07, 6.45) is 4.19. The van der Waals surface area contributed by atoms with Crippen LogP contribution in [0.1, 0.15) is 40.7 Å². The highest BCUT2D eigenvalue weighted by molar-refractivity contribution is 7.15. The molecule has 0 saturated carbocycles. The molecular weight excluding hydrogens is 354 g/mol. The first kappa shape index (κ1) is 17.9. The highest BCUT2D eigenvalue weighted by Gasteiger charge is 2.24. The predicted octanol–water partition coefficient (Wildman–Crippen LogP) is 4.38. The lowest BCUT2D eigenvalue weighted by Gasteiger charge is -2.20. The molecule has 0 bridgehead atoms. The third-order valence-electron chi connectivity index (χ3n) is 5.02. The van der Waals surface area contributed by atoms with E-state index in [1.54, 1.807) is 11.3 Å². The Bertz CT molecular complexity index is 833. The van der Waals surface area contributed by atoms with E-state index in [1.165, 1.54) is 4.88 Å². The fraction of sp³-hybridized carbons (Fsp3) is 0.273. The number of benzene rings is 2. The largest absolute Gasteiger partial charge is 0.317 e. The zero-order valence-corrected chi connectivity index (χ0v) is 15.9. The third-order valence-corrected chi connectivity index (χ3v) is 6.10. The molecule has 0 aliphatic carbocycles. The standard InChI is InChI=1S/C22H23N3OS/c26-21(25-22-24-15-19(27-22)16-11-13-23-14-12-16)20(17-7-3-1-4-8-17)18-9-5-2-6-10-18/h1-10,15-16,20,23H,11-14H2,(H,24,25,26). The normalized spacial score (nSPS) is 15.0. The molecular formula is C22H23N3OS. The molecule has 4 nitrogen and oxygen atoms in total. The molecule has 0 unspecified atom stereocenters. The first-order valence-corrected chi connectivity index (χ1v) is 10.2. The molecule has 1 aromatic heterocycles. The van der Waals surface area contributed by atoms with Gasteiger partial charge in [0.05, 0.1) is 5.92 Å². The molecule has 27 heavy (non-hydrogen) atoms. The topological polar surface area (TPSA) is 54.0 Å². The van der Waals surface area contributed by atoms with E-state index in [9.17, 15) is 4.79 Å². The van der Waals surface area contributed by atoms with Gasteiger partial charge in [-0.25, -0.2) is 4.98 Å². The first-order chi connectivity index (χ1) is 13.3. The minimum Gasteiger partial charge on any atom is -0.317 e. The van der Waals surface area contributed by atoms with Crippen molar-refractivity contribution in [3.8, 4) is 0 Å².